The molecule has 0 aromatic heterocycles. The van der Waals surface area contributed by atoms with Crippen LogP contribution in [0.3, 0.4) is 0 Å². The first kappa shape index (κ1) is 60.5. The second-order valence-electron chi connectivity index (χ2n) is 18.5. The van der Waals surface area contributed by atoms with Crippen LogP contribution in [0.5, 0.6) is 0 Å². The van der Waals surface area contributed by atoms with E-state index in [1.807, 2.05) is 0 Å². The molecular formula is C55H100O8. The average Bonchev–Trinajstić information content (AvgIpc) is 3.27. The maximum atomic E-state index is 13.6. The molecule has 4 N–H and O–H groups in total. The van der Waals surface area contributed by atoms with Crippen LogP contribution < -0.4 is 0 Å². The lowest BCUT2D eigenvalue weighted by Gasteiger charge is -2.27. The number of aliphatic carboxylic acids is 2. The molecule has 8 heteroatoms. The largest absolute Gasteiger partial charge is 0.481 e. The van der Waals surface area contributed by atoms with Gasteiger partial charge in [-0.25, -0.2) is 0 Å². The summed E-state index contributed by atoms with van der Waals surface area (Å²) < 4.78 is 5.66. The zero-order chi connectivity index (χ0) is 46.1. The standard InChI is InChI=1S/C55H100O8/c1-2-3-4-5-6-7-18-23-28-33-38-43-50(44-39-34-29-24-19-14-10-8-12-16-21-26-31-36-41-46-53(58)59)52(55(62)63-49-51(57)48-56)45-40-35-30-25-20-15-11-9-13-17-22-27-32-37-42-47-54(60)61/h8-9,12-13,15,20,50-52,56-57H,2-7,10-11,14,16-19,21-49H2,1H3,(H,58,59)(H,60,61)/b12-8-,13-9-,20-15-. The van der Waals surface area contributed by atoms with E-state index < -0.39 is 24.6 Å². The Bertz CT molecular complexity index is 1100. The number of aliphatic hydroxyl groups excluding tert-OH is 2. The van der Waals surface area contributed by atoms with Gasteiger partial charge in [0.15, 0.2) is 0 Å². The first-order chi connectivity index (χ1) is 30.8. The molecule has 0 radical (unpaired) electrons. The minimum atomic E-state index is -1.04. The molecule has 0 aromatic carbocycles. The SMILES string of the molecule is CCCCCCCCCCCCCC(CCCCCCCC/C=C\CCCCCCCC(=O)O)C(CCCCC/C=C\C/C=C\CCCCCCCC(=O)O)C(=O)OCC(O)CO. The molecule has 0 spiro atoms. The van der Waals surface area contributed by atoms with E-state index in [1.165, 1.54) is 109 Å². The summed E-state index contributed by atoms with van der Waals surface area (Å²) in [4.78, 5) is 34.9. The molecule has 0 aromatic rings. The van der Waals surface area contributed by atoms with E-state index in [9.17, 15) is 24.6 Å². The van der Waals surface area contributed by atoms with Crippen LogP contribution in [0, 0.1) is 11.8 Å². The van der Waals surface area contributed by atoms with Gasteiger partial charge in [0.2, 0.25) is 0 Å². The molecule has 3 unspecified atom stereocenters. The summed E-state index contributed by atoms with van der Waals surface area (Å²) >= 11 is 0. The minimum Gasteiger partial charge on any atom is -0.481 e. The Morgan fingerprint density at radius 3 is 1.17 bits per heavy atom. The molecule has 0 aliphatic heterocycles. The highest BCUT2D eigenvalue weighted by Crippen LogP contribution is 2.31. The Labute approximate surface area is 387 Å². The molecule has 0 aliphatic rings. The van der Waals surface area contributed by atoms with Gasteiger partial charge in [0, 0.05) is 12.8 Å². The second kappa shape index (κ2) is 49.0. The van der Waals surface area contributed by atoms with Gasteiger partial charge in [-0.3, -0.25) is 14.4 Å². The van der Waals surface area contributed by atoms with E-state index in [0.717, 1.165) is 135 Å². The van der Waals surface area contributed by atoms with E-state index in [-0.39, 0.29) is 24.9 Å². The highest BCUT2D eigenvalue weighted by atomic mass is 16.5. The summed E-state index contributed by atoms with van der Waals surface area (Å²) in [6.07, 6.45) is 56.9. The van der Waals surface area contributed by atoms with Crippen molar-refractivity contribution >= 4 is 17.9 Å². The Balaban J connectivity index is 4.84. The predicted octanol–water partition coefficient (Wildman–Crippen LogP) is 15.6. The molecule has 0 rings (SSSR count). The van der Waals surface area contributed by atoms with Gasteiger partial charge in [0.05, 0.1) is 12.5 Å². The van der Waals surface area contributed by atoms with Crippen LogP contribution in [0.4, 0.5) is 0 Å². The van der Waals surface area contributed by atoms with Gasteiger partial charge in [-0.1, -0.05) is 197 Å². The highest BCUT2D eigenvalue weighted by molar-refractivity contribution is 5.72. The molecule has 63 heavy (non-hydrogen) atoms. The van der Waals surface area contributed by atoms with E-state index in [4.69, 9.17) is 14.9 Å². The van der Waals surface area contributed by atoms with Crippen LogP contribution in [-0.4, -0.2) is 57.7 Å². The van der Waals surface area contributed by atoms with E-state index in [2.05, 4.69) is 43.4 Å². The van der Waals surface area contributed by atoms with Crippen molar-refractivity contribution < 1.29 is 39.5 Å². The van der Waals surface area contributed by atoms with E-state index in [0.29, 0.717) is 12.3 Å². The molecule has 0 aliphatic carbocycles. The molecule has 0 amide bonds. The predicted molar refractivity (Wildman–Crippen MR) is 264 cm³/mol. The van der Waals surface area contributed by atoms with Gasteiger partial charge in [0.25, 0.3) is 0 Å². The Morgan fingerprint density at radius 1 is 0.444 bits per heavy atom. The Morgan fingerprint density at radius 2 is 0.778 bits per heavy atom. The van der Waals surface area contributed by atoms with Gasteiger partial charge in [-0.2, -0.15) is 0 Å². The first-order valence-electron chi connectivity index (χ1n) is 26.7. The van der Waals surface area contributed by atoms with Gasteiger partial charge < -0.3 is 25.2 Å². The topological polar surface area (TPSA) is 141 Å². The van der Waals surface area contributed by atoms with Crippen LogP contribution in [0.15, 0.2) is 36.5 Å². The molecule has 0 heterocycles. The maximum Gasteiger partial charge on any atom is 0.309 e. The third-order valence-corrected chi connectivity index (χ3v) is 12.6. The quantitative estimate of drug-likeness (QED) is 0.0269. The fourth-order valence-electron chi connectivity index (χ4n) is 8.56. The van der Waals surface area contributed by atoms with Crippen molar-refractivity contribution in [1.29, 1.82) is 0 Å². The van der Waals surface area contributed by atoms with Crippen LogP contribution in [-0.2, 0) is 19.1 Å². The number of ether oxygens (including phenoxy) is 1. The van der Waals surface area contributed by atoms with Crippen molar-refractivity contribution in [2.45, 2.75) is 270 Å². The number of hydrogen-bond acceptors (Lipinski definition) is 6. The summed E-state index contributed by atoms with van der Waals surface area (Å²) in [5, 5.41) is 36.8. The van der Waals surface area contributed by atoms with Crippen LogP contribution in [0.25, 0.3) is 0 Å². The summed E-state index contributed by atoms with van der Waals surface area (Å²) in [5.74, 6) is -1.45. The Kier molecular flexibility index (Phi) is 47.1. The summed E-state index contributed by atoms with van der Waals surface area (Å²) in [5.41, 5.74) is 0. The number of unbranched alkanes of at least 4 members (excludes halogenated alkanes) is 29. The molecular weight excluding hydrogens is 789 g/mol. The third kappa shape index (κ3) is 45.9. The maximum absolute atomic E-state index is 13.6. The molecule has 8 nitrogen and oxygen atoms in total. The van der Waals surface area contributed by atoms with Gasteiger partial charge in [-0.15, -0.1) is 0 Å². The Hall–Kier alpha value is -2.45. The van der Waals surface area contributed by atoms with Gasteiger partial charge >= 0.3 is 17.9 Å². The molecule has 368 valence electrons. The zero-order valence-corrected chi connectivity index (χ0v) is 40.8. The number of esters is 1. The number of carboxylic acid groups (broad SMARTS) is 2. The normalized spacial score (nSPS) is 13.4. The van der Waals surface area contributed by atoms with Gasteiger partial charge in [0.1, 0.15) is 12.7 Å². The van der Waals surface area contributed by atoms with Crippen LogP contribution >= 0.6 is 0 Å². The van der Waals surface area contributed by atoms with E-state index >= 15 is 0 Å². The van der Waals surface area contributed by atoms with Gasteiger partial charge in [-0.05, 0) is 95.8 Å². The number of carbonyl (C=O) groups is 3. The van der Waals surface area contributed by atoms with Crippen molar-refractivity contribution in [3.8, 4) is 0 Å². The molecule has 3 atom stereocenters. The molecule has 0 saturated carbocycles. The first-order valence-corrected chi connectivity index (χ1v) is 26.7. The van der Waals surface area contributed by atoms with Crippen molar-refractivity contribution in [2.24, 2.45) is 11.8 Å². The lowest BCUT2D eigenvalue weighted by atomic mass is 9.80. The number of carbonyl (C=O) groups excluding carboxylic acids is 1. The third-order valence-electron chi connectivity index (χ3n) is 12.6. The lowest BCUT2D eigenvalue weighted by molar-refractivity contribution is -0.155. The molecule has 0 bridgehead atoms. The second-order valence-corrected chi connectivity index (χ2v) is 18.5. The number of carboxylic acids is 2. The monoisotopic (exact) mass is 889 g/mol. The average molecular weight is 889 g/mol. The van der Waals surface area contributed by atoms with Crippen molar-refractivity contribution in [3.63, 3.8) is 0 Å². The zero-order valence-electron chi connectivity index (χ0n) is 40.8. The fourth-order valence-corrected chi connectivity index (χ4v) is 8.56. The van der Waals surface area contributed by atoms with Crippen LogP contribution in [0.1, 0.15) is 264 Å². The van der Waals surface area contributed by atoms with Crippen molar-refractivity contribution in [1.82, 2.24) is 0 Å². The minimum absolute atomic E-state index is 0.143. The number of allylic oxidation sites excluding steroid dienone is 6. The number of rotatable bonds is 50. The lowest BCUT2D eigenvalue weighted by Crippen LogP contribution is -2.30. The van der Waals surface area contributed by atoms with Crippen molar-refractivity contribution in [3.05, 3.63) is 36.5 Å². The molecule has 0 fully saturated rings. The van der Waals surface area contributed by atoms with Crippen LogP contribution in [0.2, 0.25) is 0 Å². The highest BCUT2D eigenvalue weighted by Gasteiger charge is 2.29. The number of aliphatic hydroxyl groups is 2. The molecule has 0 saturated heterocycles. The van der Waals surface area contributed by atoms with E-state index in [1.54, 1.807) is 0 Å². The fraction of sp³-hybridized carbons (Fsp3) is 0.836. The number of hydrogen-bond donors (Lipinski definition) is 4. The summed E-state index contributed by atoms with van der Waals surface area (Å²) in [7, 11) is 0. The summed E-state index contributed by atoms with van der Waals surface area (Å²) in [6, 6.07) is 0. The summed E-state index contributed by atoms with van der Waals surface area (Å²) in [6.45, 7) is 1.72. The smallest absolute Gasteiger partial charge is 0.309 e. The van der Waals surface area contributed by atoms with Crippen molar-refractivity contribution in [2.75, 3.05) is 13.2 Å².